The van der Waals surface area contributed by atoms with E-state index in [-0.39, 0.29) is 6.09 Å². The predicted molar refractivity (Wildman–Crippen MR) is 80.8 cm³/mol. The summed E-state index contributed by atoms with van der Waals surface area (Å²) in [5, 5.41) is 3.76. The Morgan fingerprint density at radius 1 is 1.05 bits per heavy atom. The first-order valence-electron chi connectivity index (χ1n) is 8.18. The Labute approximate surface area is 123 Å². The fraction of sp³-hybridized carbons (Fsp3) is 0.938. The second-order valence-corrected chi connectivity index (χ2v) is 7.27. The number of rotatable bonds is 2. The largest absolute Gasteiger partial charge is 0.444 e. The number of hydrogen-bond donors (Lipinski definition) is 1. The molecule has 4 nitrogen and oxygen atoms in total. The van der Waals surface area contributed by atoms with Crippen LogP contribution in [0.4, 0.5) is 4.79 Å². The Kier molecular flexibility index (Phi) is 5.30. The molecule has 1 atom stereocenters. The average Bonchev–Trinajstić information content (AvgIpc) is 2.38. The van der Waals surface area contributed by atoms with E-state index in [4.69, 9.17) is 4.74 Å². The number of carbonyl (C=O) groups is 1. The second-order valence-electron chi connectivity index (χ2n) is 7.27. The molecule has 20 heavy (non-hydrogen) atoms. The first-order valence-corrected chi connectivity index (χ1v) is 8.18. The number of likely N-dealkylation sites (tertiary alicyclic amines) is 1. The van der Waals surface area contributed by atoms with Crippen LogP contribution in [-0.2, 0) is 4.74 Å². The molecule has 1 saturated heterocycles. The third kappa shape index (κ3) is 4.97. The van der Waals surface area contributed by atoms with E-state index in [9.17, 15) is 4.79 Å². The molecule has 0 radical (unpaired) electrons. The molecule has 1 saturated carbocycles. The van der Waals surface area contributed by atoms with Crippen molar-refractivity contribution >= 4 is 6.09 Å². The van der Waals surface area contributed by atoms with Gasteiger partial charge in [0.05, 0.1) is 0 Å². The van der Waals surface area contributed by atoms with E-state index >= 15 is 0 Å². The van der Waals surface area contributed by atoms with E-state index in [1.165, 1.54) is 38.5 Å². The minimum atomic E-state index is -0.402. The van der Waals surface area contributed by atoms with Crippen molar-refractivity contribution in [3.8, 4) is 0 Å². The highest BCUT2D eigenvalue weighted by atomic mass is 16.6. The van der Waals surface area contributed by atoms with Crippen molar-refractivity contribution in [2.45, 2.75) is 83.4 Å². The van der Waals surface area contributed by atoms with Gasteiger partial charge in [-0.25, -0.2) is 4.79 Å². The van der Waals surface area contributed by atoms with Crippen molar-refractivity contribution in [1.82, 2.24) is 10.2 Å². The van der Waals surface area contributed by atoms with Gasteiger partial charge in [0.2, 0.25) is 0 Å². The molecular weight excluding hydrogens is 252 g/mol. The number of amides is 1. The summed E-state index contributed by atoms with van der Waals surface area (Å²) in [4.78, 5) is 14.0. The quantitative estimate of drug-likeness (QED) is 0.845. The van der Waals surface area contributed by atoms with Crippen molar-refractivity contribution in [1.29, 1.82) is 0 Å². The summed E-state index contributed by atoms with van der Waals surface area (Å²) in [6, 6.07) is 1.10. The lowest BCUT2D eigenvalue weighted by Gasteiger charge is -2.37. The van der Waals surface area contributed by atoms with Crippen LogP contribution in [0.2, 0.25) is 0 Å². The number of nitrogens with one attached hydrogen (secondary N) is 1. The lowest BCUT2D eigenvalue weighted by Crippen LogP contribution is -2.51. The van der Waals surface area contributed by atoms with Crippen molar-refractivity contribution in [2.24, 2.45) is 0 Å². The molecule has 0 spiro atoms. The SMILES string of the molecule is CC(C)(C)OC(=O)N1CCC[C@@H](NC2CCCCC2)C1. The maximum atomic E-state index is 12.1. The molecule has 0 aromatic rings. The Hall–Kier alpha value is -0.770. The summed E-state index contributed by atoms with van der Waals surface area (Å²) < 4.78 is 5.47. The number of piperidine rings is 1. The van der Waals surface area contributed by atoms with Gasteiger partial charge in [-0.15, -0.1) is 0 Å². The third-order valence-corrected chi connectivity index (χ3v) is 4.15. The van der Waals surface area contributed by atoms with Crippen LogP contribution in [-0.4, -0.2) is 41.8 Å². The maximum absolute atomic E-state index is 12.1. The fourth-order valence-corrected chi connectivity index (χ4v) is 3.21. The molecule has 0 unspecified atom stereocenters. The highest BCUT2D eigenvalue weighted by Crippen LogP contribution is 2.20. The van der Waals surface area contributed by atoms with Gasteiger partial charge in [-0.3, -0.25) is 0 Å². The molecule has 1 amide bonds. The fourth-order valence-electron chi connectivity index (χ4n) is 3.21. The molecule has 1 aliphatic carbocycles. The lowest BCUT2D eigenvalue weighted by molar-refractivity contribution is 0.0181. The van der Waals surface area contributed by atoms with E-state index in [1.54, 1.807) is 0 Å². The number of nitrogens with zero attached hydrogens (tertiary/aromatic N) is 1. The van der Waals surface area contributed by atoms with Crippen LogP contribution in [0.1, 0.15) is 65.7 Å². The van der Waals surface area contributed by atoms with Crippen LogP contribution in [0.15, 0.2) is 0 Å². The Bertz CT molecular complexity index is 319. The molecule has 2 rings (SSSR count). The van der Waals surface area contributed by atoms with Crippen molar-refractivity contribution < 1.29 is 9.53 Å². The van der Waals surface area contributed by atoms with Crippen LogP contribution in [0.25, 0.3) is 0 Å². The summed E-state index contributed by atoms with van der Waals surface area (Å²) in [6.07, 6.45) is 8.76. The Balaban J connectivity index is 1.80. The summed E-state index contributed by atoms with van der Waals surface area (Å²) in [7, 11) is 0. The topological polar surface area (TPSA) is 41.6 Å². The molecule has 1 aliphatic heterocycles. The monoisotopic (exact) mass is 282 g/mol. The molecular formula is C16H30N2O2. The van der Waals surface area contributed by atoms with E-state index in [2.05, 4.69) is 5.32 Å². The highest BCUT2D eigenvalue weighted by Gasteiger charge is 2.28. The van der Waals surface area contributed by atoms with E-state index in [1.807, 2.05) is 25.7 Å². The second kappa shape index (κ2) is 6.79. The molecule has 116 valence electrons. The molecule has 4 heteroatoms. The third-order valence-electron chi connectivity index (χ3n) is 4.15. The highest BCUT2D eigenvalue weighted by molar-refractivity contribution is 5.68. The van der Waals surface area contributed by atoms with Gasteiger partial charge >= 0.3 is 6.09 Å². The summed E-state index contributed by atoms with van der Waals surface area (Å²) in [5.74, 6) is 0. The van der Waals surface area contributed by atoms with Crippen molar-refractivity contribution in [2.75, 3.05) is 13.1 Å². The Morgan fingerprint density at radius 3 is 2.35 bits per heavy atom. The van der Waals surface area contributed by atoms with Gasteiger partial charge in [0.25, 0.3) is 0 Å². The molecule has 2 fully saturated rings. The smallest absolute Gasteiger partial charge is 0.410 e. The average molecular weight is 282 g/mol. The first-order chi connectivity index (χ1) is 9.44. The standard InChI is InChI=1S/C16H30N2O2/c1-16(2,3)20-15(19)18-11-7-10-14(12-18)17-13-8-5-4-6-9-13/h13-14,17H,4-12H2,1-3H3/t14-/m1/s1. The molecule has 1 N–H and O–H groups in total. The normalized spacial score (nSPS) is 25.6. The summed E-state index contributed by atoms with van der Waals surface area (Å²) in [6.45, 7) is 7.40. The minimum absolute atomic E-state index is 0.160. The first kappa shape index (κ1) is 15.6. The van der Waals surface area contributed by atoms with Gasteiger partial charge in [0.15, 0.2) is 0 Å². The molecule has 2 aliphatic rings. The van der Waals surface area contributed by atoms with Crippen LogP contribution in [0, 0.1) is 0 Å². The molecule has 0 aromatic carbocycles. The van der Waals surface area contributed by atoms with Crippen molar-refractivity contribution in [3.05, 3.63) is 0 Å². The Morgan fingerprint density at radius 2 is 1.70 bits per heavy atom. The van der Waals surface area contributed by atoms with E-state index < -0.39 is 5.60 Å². The van der Waals surface area contributed by atoms with Gasteiger partial charge in [0.1, 0.15) is 5.60 Å². The zero-order chi connectivity index (χ0) is 14.6. The number of carbonyl (C=O) groups excluding carboxylic acids is 1. The van der Waals surface area contributed by atoms with Gasteiger partial charge < -0.3 is 15.0 Å². The minimum Gasteiger partial charge on any atom is -0.444 e. The predicted octanol–water partition coefficient (Wildman–Crippen LogP) is 3.31. The van der Waals surface area contributed by atoms with Gasteiger partial charge in [-0.2, -0.15) is 0 Å². The number of hydrogen-bond acceptors (Lipinski definition) is 3. The van der Waals surface area contributed by atoms with Crippen molar-refractivity contribution in [3.63, 3.8) is 0 Å². The van der Waals surface area contributed by atoms with Crippen LogP contribution >= 0.6 is 0 Å². The number of ether oxygens (including phenoxy) is 1. The zero-order valence-electron chi connectivity index (χ0n) is 13.3. The zero-order valence-corrected chi connectivity index (χ0v) is 13.3. The van der Waals surface area contributed by atoms with Gasteiger partial charge in [0, 0.05) is 25.2 Å². The molecule has 0 bridgehead atoms. The summed E-state index contributed by atoms with van der Waals surface area (Å²) in [5.41, 5.74) is -0.402. The van der Waals surface area contributed by atoms with Gasteiger partial charge in [-0.1, -0.05) is 19.3 Å². The maximum Gasteiger partial charge on any atom is 0.410 e. The molecule has 1 heterocycles. The van der Waals surface area contributed by atoms with Crippen LogP contribution in [0.5, 0.6) is 0 Å². The van der Waals surface area contributed by atoms with Crippen LogP contribution < -0.4 is 5.32 Å². The van der Waals surface area contributed by atoms with E-state index in [0.717, 1.165) is 19.5 Å². The lowest BCUT2D eigenvalue weighted by atomic mass is 9.94. The summed E-state index contributed by atoms with van der Waals surface area (Å²) >= 11 is 0. The van der Waals surface area contributed by atoms with Gasteiger partial charge in [-0.05, 0) is 46.5 Å². The van der Waals surface area contributed by atoms with Crippen LogP contribution in [0.3, 0.4) is 0 Å². The molecule has 0 aromatic heterocycles. The van der Waals surface area contributed by atoms with E-state index in [0.29, 0.717) is 12.1 Å².